The average molecular weight is 281 g/mol. The molecule has 0 saturated carbocycles. The molecule has 4 nitrogen and oxygen atoms in total. The highest BCUT2D eigenvalue weighted by Gasteiger charge is 2.22. The lowest BCUT2D eigenvalue weighted by atomic mass is 10.2. The van der Waals surface area contributed by atoms with Gasteiger partial charge in [0, 0.05) is 43.3 Å². The molecule has 0 bridgehead atoms. The van der Waals surface area contributed by atoms with Crippen molar-refractivity contribution in [3.05, 3.63) is 17.6 Å². The SMILES string of the molecule is ClCCN1CCCN(c2ncnc3c2CCC3)CC1. The Balaban J connectivity index is 1.74. The molecule has 2 aliphatic rings. The Hall–Kier alpha value is -0.870. The zero-order valence-electron chi connectivity index (χ0n) is 11.3. The summed E-state index contributed by atoms with van der Waals surface area (Å²) in [6, 6.07) is 0. The number of hydrogen-bond donors (Lipinski definition) is 0. The van der Waals surface area contributed by atoms with Crippen LogP contribution in [0.5, 0.6) is 0 Å². The molecule has 5 heteroatoms. The number of alkyl halides is 1. The van der Waals surface area contributed by atoms with E-state index in [1.807, 2.05) is 0 Å². The maximum atomic E-state index is 5.84. The van der Waals surface area contributed by atoms with Crippen molar-refractivity contribution in [3.63, 3.8) is 0 Å². The van der Waals surface area contributed by atoms with E-state index >= 15 is 0 Å². The van der Waals surface area contributed by atoms with Gasteiger partial charge in [-0.25, -0.2) is 9.97 Å². The van der Waals surface area contributed by atoms with Gasteiger partial charge in [0.25, 0.3) is 0 Å². The van der Waals surface area contributed by atoms with Crippen LogP contribution in [0, 0.1) is 0 Å². The van der Waals surface area contributed by atoms with Crippen molar-refractivity contribution in [1.82, 2.24) is 14.9 Å². The first-order chi connectivity index (χ1) is 9.38. The number of fused-ring (bicyclic) bond motifs is 1. The number of nitrogens with zero attached hydrogens (tertiary/aromatic N) is 4. The molecule has 0 unspecified atom stereocenters. The van der Waals surface area contributed by atoms with Crippen LogP contribution < -0.4 is 4.90 Å². The van der Waals surface area contributed by atoms with Crippen molar-refractivity contribution in [1.29, 1.82) is 0 Å². The number of halogens is 1. The molecule has 1 saturated heterocycles. The highest BCUT2D eigenvalue weighted by atomic mass is 35.5. The van der Waals surface area contributed by atoms with Gasteiger partial charge in [0.1, 0.15) is 12.1 Å². The minimum Gasteiger partial charge on any atom is -0.355 e. The lowest BCUT2D eigenvalue weighted by Gasteiger charge is -2.24. The Bertz CT molecular complexity index is 437. The third kappa shape index (κ3) is 2.84. The highest BCUT2D eigenvalue weighted by molar-refractivity contribution is 6.18. The quantitative estimate of drug-likeness (QED) is 0.789. The molecular weight excluding hydrogens is 260 g/mol. The lowest BCUT2D eigenvalue weighted by Crippen LogP contribution is -2.32. The summed E-state index contributed by atoms with van der Waals surface area (Å²) >= 11 is 5.84. The summed E-state index contributed by atoms with van der Waals surface area (Å²) in [5.41, 5.74) is 2.67. The number of aromatic nitrogens is 2. The molecule has 1 aromatic rings. The van der Waals surface area contributed by atoms with E-state index in [4.69, 9.17) is 11.6 Å². The fraction of sp³-hybridized carbons (Fsp3) is 0.714. The molecule has 19 heavy (non-hydrogen) atoms. The molecule has 1 aliphatic carbocycles. The monoisotopic (exact) mass is 280 g/mol. The minimum atomic E-state index is 0.725. The first-order valence-corrected chi connectivity index (χ1v) is 7.78. The van der Waals surface area contributed by atoms with Gasteiger partial charge in [-0.1, -0.05) is 0 Å². The second-order valence-corrected chi connectivity index (χ2v) is 5.73. The first kappa shape index (κ1) is 13.1. The van der Waals surface area contributed by atoms with Crippen molar-refractivity contribution in [2.24, 2.45) is 0 Å². The van der Waals surface area contributed by atoms with Crippen LogP contribution in [0.1, 0.15) is 24.1 Å². The van der Waals surface area contributed by atoms with Crippen LogP contribution in [-0.2, 0) is 12.8 Å². The highest BCUT2D eigenvalue weighted by Crippen LogP contribution is 2.28. The molecule has 0 radical (unpaired) electrons. The third-order valence-corrected chi connectivity index (χ3v) is 4.31. The summed E-state index contributed by atoms with van der Waals surface area (Å²) < 4.78 is 0. The van der Waals surface area contributed by atoms with Crippen LogP contribution in [-0.4, -0.2) is 53.5 Å². The van der Waals surface area contributed by atoms with Gasteiger partial charge in [-0.15, -0.1) is 11.6 Å². The van der Waals surface area contributed by atoms with Crippen molar-refractivity contribution < 1.29 is 0 Å². The Kier molecular flexibility index (Phi) is 4.18. The molecule has 2 heterocycles. The van der Waals surface area contributed by atoms with E-state index in [0.717, 1.165) is 51.4 Å². The third-order valence-electron chi connectivity index (χ3n) is 4.14. The van der Waals surface area contributed by atoms with Gasteiger partial charge in [-0.2, -0.15) is 0 Å². The topological polar surface area (TPSA) is 32.3 Å². The van der Waals surface area contributed by atoms with E-state index < -0.39 is 0 Å². The van der Waals surface area contributed by atoms with Gasteiger partial charge in [0.15, 0.2) is 0 Å². The maximum absolute atomic E-state index is 5.84. The van der Waals surface area contributed by atoms with Crippen molar-refractivity contribution in [2.45, 2.75) is 25.7 Å². The van der Waals surface area contributed by atoms with Crippen LogP contribution in [0.3, 0.4) is 0 Å². The molecule has 0 spiro atoms. The van der Waals surface area contributed by atoms with E-state index in [1.165, 1.54) is 29.9 Å². The summed E-state index contributed by atoms with van der Waals surface area (Å²) in [5.74, 6) is 1.92. The second-order valence-electron chi connectivity index (χ2n) is 5.35. The van der Waals surface area contributed by atoms with Gasteiger partial charge in [0.05, 0.1) is 0 Å². The van der Waals surface area contributed by atoms with Crippen LogP contribution in [0.4, 0.5) is 5.82 Å². The molecule has 1 aromatic heterocycles. The fourth-order valence-electron chi connectivity index (χ4n) is 3.14. The lowest BCUT2D eigenvalue weighted by molar-refractivity contribution is 0.311. The summed E-state index contributed by atoms with van der Waals surface area (Å²) in [5, 5.41) is 0. The van der Waals surface area contributed by atoms with Crippen molar-refractivity contribution in [2.75, 3.05) is 43.5 Å². The van der Waals surface area contributed by atoms with Gasteiger partial charge in [-0.05, 0) is 32.2 Å². The Morgan fingerprint density at radius 2 is 2.00 bits per heavy atom. The standard InChI is InChI=1S/C14H21ClN4/c15-5-8-18-6-2-7-19(10-9-18)14-12-3-1-4-13(12)16-11-17-14/h11H,1-10H2. The van der Waals surface area contributed by atoms with Crippen LogP contribution in [0.25, 0.3) is 0 Å². The zero-order valence-corrected chi connectivity index (χ0v) is 12.1. The molecule has 0 atom stereocenters. The first-order valence-electron chi connectivity index (χ1n) is 7.24. The molecule has 3 rings (SSSR count). The van der Waals surface area contributed by atoms with E-state index in [0.29, 0.717) is 0 Å². The number of hydrogen-bond acceptors (Lipinski definition) is 4. The summed E-state index contributed by atoms with van der Waals surface area (Å²) in [6.45, 7) is 5.39. The Labute approximate surface area is 119 Å². The Morgan fingerprint density at radius 3 is 2.89 bits per heavy atom. The summed E-state index contributed by atoms with van der Waals surface area (Å²) in [7, 11) is 0. The normalized spacial score (nSPS) is 20.4. The Morgan fingerprint density at radius 1 is 1.05 bits per heavy atom. The molecule has 0 aromatic carbocycles. The summed E-state index contributed by atoms with van der Waals surface area (Å²) in [4.78, 5) is 13.9. The van der Waals surface area contributed by atoms with Gasteiger partial charge in [0.2, 0.25) is 0 Å². The van der Waals surface area contributed by atoms with Crippen LogP contribution >= 0.6 is 11.6 Å². The van der Waals surface area contributed by atoms with Gasteiger partial charge >= 0.3 is 0 Å². The predicted molar refractivity (Wildman–Crippen MR) is 78.0 cm³/mol. The maximum Gasteiger partial charge on any atom is 0.135 e. The molecular formula is C14H21ClN4. The summed E-state index contributed by atoms with van der Waals surface area (Å²) in [6.07, 6.45) is 6.42. The molecule has 104 valence electrons. The molecule has 1 aliphatic heterocycles. The van der Waals surface area contributed by atoms with E-state index in [2.05, 4.69) is 19.8 Å². The van der Waals surface area contributed by atoms with Crippen molar-refractivity contribution in [3.8, 4) is 0 Å². The van der Waals surface area contributed by atoms with E-state index in [1.54, 1.807) is 6.33 Å². The minimum absolute atomic E-state index is 0.725. The fourth-order valence-corrected chi connectivity index (χ4v) is 3.38. The molecule has 1 fully saturated rings. The van der Waals surface area contributed by atoms with E-state index in [-0.39, 0.29) is 0 Å². The van der Waals surface area contributed by atoms with Gasteiger partial charge < -0.3 is 9.80 Å². The zero-order chi connectivity index (χ0) is 13.1. The smallest absolute Gasteiger partial charge is 0.135 e. The largest absolute Gasteiger partial charge is 0.355 e. The van der Waals surface area contributed by atoms with Crippen molar-refractivity contribution >= 4 is 17.4 Å². The molecule has 0 amide bonds. The van der Waals surface area contributed by atoms with Gasteiger partial charge in [-0.3, -0.25) is 0 Å². The number of rotatable bonds is 3. The molecule has 0 N–H and O–H groups in total. The predicted octanol–water partition coefficient (Wildman–Crippen LogP) is 1.72. The number of anilines is 1. The second kappa shape index (κ2) is 6.06. The average Bonchev–Trinajstić information content (AvgIpc) is 2.79. The van der Waals surface area contributed by atoms with Crippen LogP contribution in [0.2, 0.25) is 0 Å². The van der Waals surface area contributed by atoms with Crippen LogP contribution in [0.15, 0.2) is 6.33 Å². The van der Waals surface area contributed by atoms with E-state index in [9.17, 15) is 0 Å². The number of aryl methyl sites for hydroxylation is 1.